The zero-order valence-corrected chi connectivity index (χ0v) is 21.3. The third kappa shape index (κ3) is 4.37. The fourth-order valence-corrected chi connectivity index (χ4v) is 7.13. The van der Waals surface area contributed by atoms with E-state index in [0.29, 0.717) is 21.9 Å². The van der Waals surface area contributed by atoms with Crippen molar-refractivity contribution in [2.45, 2.75) is 49.2 Å². The molecule has 1 aromatic carbocycles. The van der Waals surface area contributed by atoms with Crippen molar-refractivity contribution in [2.75, 3.05) is 0 Å². The van der Waals surface area contributed by atoms with Gasteiger partial charge in [-0.2, -0.15) is 0 Å². The molecular formula is C26H25N3O2S3. The van der Waals surface area contributed by atoms with Crippen LogP contribution in [-0.2, 0) is 17.8 Å². The number of thioether (sulfide) groups is 1. The monoisotopic (exact) mass is 507 g/mol. The highest BCUT2D eigenvalue weighted by molar-refractivity contribution is 8.00. The number of carbonyl (C=O) groups is 1. The van der Waals surface area contributed by atoms with E-state index in [2.05, 4.69) is 30.1 Å². The molecular weight excluding hydrogens is 483 g/mol. The Morgan fingerprint density at radius 1 is 1.32 bits per heavy atom. The van der Waals surface area contributed by atoms with Crippen LogP contribution in [0.15, 0.2) is 69.8 Å². The molecule has 1 aliphatic carbocycles. The lowest BCUT2D eigenvalue weighted by atomic mass is 9.88. The molecule has 3 heterocycles. The van der Waals surface area contributed by atoms with Crippen molar-refractivity contribution in [3.8, 4) is 10.4 Å². The summed E-state index contributed by atoms with van der Waals surface area (Å²) in [6.07, 6.45) is 4.75. The SMILES string of the molecule is C=CCn1c(SC(C)C(=O)NC2CCCc3ccccc32)nc2scc(-c3cccs3)c2c1=O. The van der Waals surface area contributed by atoms with Gasteiger partial charge < -0.3 is 5.32 Å². The van der Waals surface area contributed by atoms with E-state index in [0.717, 1.165) is 29.7 Å². The third-order valence-corrected chi connectivity index (χ3v) is 8.96. The molecule has 0 bridgehead atoms. The molecule has 34 heavy (non-hydrogen) atoms. The number of allylic oxidation sites excluding steroid dienone is 1. The summed E-state index contributed by atoms with van der Waals surface area (Å²) in [5.74, 6) is -0.0448. The number of benzene rings is 1. The van der Waals surface area contributed by atoms with E-state index in [1.807, 2.05) is 35.9 Å². The summed E-state index contributed by atoms with van der Waals surface area (Å²) in [6.45, 7) is 6.03. The largest absolute Gasteiger partial charge is 0.348 e. The molecule has 5 rings (SSSR count). The molecule has 0 radical (unpaired) electrons. The molecule has 1 aliphatic rings. The highest BCUT2D eigenvalue weighted by atomic mass is 32.2. The van der Waals surface area contributed by atoms with Crippen LogP contribution in [-0.4, -0.2) is 20.7 Å². The molecule has 0 aliphatic heterocycles. The first kappa shape index (κ1) is 23.1. The van der Waals surface area contributed by atoms with Crippen molar-refractivity contribution in [3.05, 3.63) is 81.3 Å². The first-order valence-corrected chi connectivity index (χ1v) is 13.9. The van der Waals surface area contributed by atoms with Gasteiger partial charge in [0.2, 0.25) is 5.91 Å². The van der Waals surface area contributed by atoms with Crippen LogP contribution in [0.25, 0.3) is 20.7 Å². The Morgan fingerprint density at radius 2 is 2.18 bits per heavy atom. The van der Waals surface area contributed by atoms with E-state index in [1.165, 1.54) is 34.2 Å². The van der Waals surface area contributed by atoms with Gasteiger partial charge in [0, 0.05) is 22.4 Å². The van der Waals surface area contributed by atoms with E-state index < -0.39 is 5.25 Å². The Hall–Kier alpha value is -2.68. The molecule has 174 valence electrons. The van der Waals surface area contributed by atoms with Crippen LogP contribution >= 0.6 is 34.4 Å². The number of aryl methyl sites for hydroxylation is 1. The van der Waals surface area contributed by atoms with E-state index >= 15 is 0 Å². The highest BCUT2D eigenvalue weighted by Gasteiger charge is 2.26. The van der Waals surface area contributed by atoms with Crippen molar-refractivity contribution >= 4 is 50.6 Å². The number of thiophene rings is 2. The van der Waals surface area contributed by atoms with Gasteiger partial charge in [0.25, 0.3) is 5.56 Å². The quantitative estimate of drug-likeness (QED) is 0.188. The average Bonchev–Trinajstić information content (AvgIpc) is 3.52. The summed E-state index contributed by atoms with van der Waals surface area (Å²) in [4.78, 5) is 33.2. The molecule has 4 aromatic rings. The molecule has 0 saturated carbocycles. The Kier molecular flexibility index (Phi) is 6.72. The van der Waals surface area contributed by atoms with Gasteiger partial charge >= 0.3 is 0 Å². The number of hydrogen-bond acceptors (Lipinski definition) is 6. The number of nitrogens with zero attached hydrogens (tertiary/aromatic N) is 2. The Bertz CT molecular complexity index is 1400. The molecule has 5 nitrogen and oxygen atoms in total. The summed E-state index contributed by atoms with van der Waals surface area (Å²) in [5.41, 5.74) is 3.35. The standard InChI is InChI=1S/C26H25N3O2S3/c1-3-13-29-25(31)22-19(21-12-7-14-32-21)15-33-24(22)28-26(29)34-16(2)23(30)27-20-11-6-9-17-8-4-5-10-18(17)20/h3-5,7-8,10,12,14-16,20H,1,6,9,11,13H2,2H3,(H,27,30). The van der Waals surface area contributed by atoms with E-state index in [9.17, 15) is 9.59 Å². The zero-order chi connectivity index (χ0) is 23.7. The van der Waals surface area contributed by atoms with Crippen LogP contribution in [0.4, 0.5) is 0 Å². The summed E-state index contributed by atoms with van der Waals surface area (Å²) >= 11 is 4.40. The van der Waals surface area contributed by atoms with Gasteiger partial charge in [-0.1, -0.05) is 48.2 Å². The maximum Gasteiger partial charge on any atom is 0.263 e. The fourth-order valence-electron chi connectivity index (χ4n) is 4.40. The lowest BCUT2D eigenvalue weighted by Crippen LogP contribution is -2.36. The van der Waals surface area contributed by atoms with E-state index in [4.69, 9.17) is 4.98 Å². The third-order valence-electron chi connectivity index (χ3n) is 6.09. The molecule has 1 amide bonds. The van der Waals surface area contributed by atoms with E-state index in [-0.39, 0.29) is 17.5 Å². The van der Waals surface area contributed by atoms with Gasteiger partial charge in [0.05, 0.1) is 16.7 Å². The van der Waals surface area contributed by atoms with Crippen LogP contribution in [0.5, 0.6) is 0 Å². The van der Waals surface area contributed by atoms with Gasteiger partial charge in [-0.15, -0.1) is 29.3 Å². The highest BCUT2D eigenvalue weighted by Crippen LogP contribution is 2.35. The van der Waals surface area contributed by atoms with Crippen LogP contribution in [0.3, 0.4) is 0 Å². The minimum absolute atomic E-state index is 0.0250. The number of nitrogens with one attached hydrogen (secondary N) is 1. The fraction of sp³-hybridized carbons (Fsp3) is 0.269. The summed E-state index contributed by atoms with van der Waals surface area (Å²) in [5, 5.41) is 8.01. The first-order valence-electron chi connectivity index (χ1n) is 11.3. The normalized spacial score (nSPS) is 16.2. The van der Waals surface area contributed by atoms with Gasteiger partial charge in [-0.25, -0.2) is 4.98 Å². The summed E-state index contributed by atoms with van der Waals surface area (Å²) in [7, 11) is 0. The number of hydrogen-bond donors (Lipinski definition) is 1. The molecule has 0 saturated heterocycles. The minimum atomic E-state index is -0.397. The van der Waals surface area contributed by atoms with Crippen molar-refractivity contribution in [1.82, 2.24) is 14.9 Å². The Morgan fingerprint density at radius 3 is 2.97 bits per heavy atom. The number of amides is 1. The molecule has 0 spiro atoms. The lowest BCUT2D eigenvalue weighted by Gasteiger charge is -2.27. The molecule has 2 unspecified atom stereocenters. The van der Waals surface area contributed by atoms with Crippen molar-refractivity contribution in [1.29, 1.82) is 0 Å². The predicted molar refractivity (Wildman–Crippen MR) is 143 cm³/mol. The maximum absolute atomic E-state index is 13.5. The summed E-state index contributed by atoms with van der Waals surface area (Å²) in [6, 6.07) is 12.4. The number of carbonyl (C=O) groups excluding carboxylic acids is 1. The minimum Gasteiger partial charge on any atom is -0.348 e. The number of rotatable bonds is 7. The second-order valence-corrected chi connectivity index (χ2v) is 11.4. The zero-order valence-electron chi connectivity index (χ0n) is 18.8. The molecule has 0 fully saturated rings. The lowest BCUT2D eigenvalue weighted by molar-refractivity contribution is -0.121. The number of fused-ring (bicyclic) bond motifs is 2. The van der Waals surface area contributed by atoms with Gasteiger partial charge in [0.15, 0.2) is 5.16 Å². The van der Waals surface area contributed by atoms with Crippen molar-refractivity contribution < 1.29 is 4.79 Å². The van der Waals surface area contributed by atoms with Gasteiger partial charge in [-0.3, -0.25) is 14.2 Å². The topological polar surface area (TPSA) is 64.0 Å². The smallest absolute Gasteiger partial charge is 0.263 e. The Balaban J connectivity index is 1.42. The Labute approximate surface area is 210 Å². The molecule has 2 atom stereocenters. The second kappa shape index (κ2) is 9.90. The molecule has 3 aromatic heterocycles. The van der Waals surface area contributed by atoms with Crippen LogP contribution in [0, 0.1) is 0 Å². The second-order valence-electron chi connectivity index (χ2n) is 8.32. The van der Waals surface area contributed by atoms with Crippen molar-refractivity contribution in [2.24, 2.45) is 0 Å². The van der Waals surface area contributed by atoms with Gasteiger partial charge in [0.1, 0.15) is 4.83 Å². The van der Waals surface area contributed by atoms with Crippen LogP contribution in [0.2, 0.25) is 0 Å². The van der Waals surface area contributed by atoms with Crippen molar-refractivity contribution in [3.63, 3.8) is 0 Å². The van der Waals surface area contributed by atoms with Crippen LogP contribution < -0.4 is 10.9 Å². The summed E-state index contributed by atoms with van der Waals surface area (Å²) < 4.78 is 1.63. The molecule has 1 N–H and O–H groups in total. The van der Waals surface area contributed by atoms with E-state index in [1.54, 1.807) is 22.0 Å². The average molecular weight is 508 g/mol. The number of aromatic nitrogens is 2. The first-order chi connectivity index (χ1) is 16.6. The predicted octanol–water partition coefficient (Wildman–Crippen LogP) is 6.05. The van der Waals surface area contributed by atoms with Crippen LogP contribution in [0.1, 0.15) is 36.9 Å². The molecule has 8 heteroatoms. The van der Waals surface area contributed by atoms with Gasteiger partial charge in [-0.05, 0) is 48.8 Å². The maximum atomic E-state index is 13.5.